The fraction of sp³-hybridized carbons (Fsp3) is 0.667. The number of carbonyl (C=O) groups is 1. The van der Waals surface area contributed by atoms with Crippen LogP contribution in [0.1, 0.15) is 59.8 Å². The zero-order valence-electron chi connectivity index (χ0n) is 16.1. The molecule has 3 rings (SSSR count). The van der Waals surface area contributed by atoms with Gasteiger partial charge in [-0.3, -0.25) is 0 Å². The molecular weight excluding hydrogens is 316 g/mol. The van der Waals surface area contributed by atoms with Gasteiger partial charge in [0.25, 0.3) is 0 Å². The highest BCUT2D eigenvalue weighted by molar-refractivity contribution is 5.68. The van der Waals surface area contributed by atoms with Crippen molar-refractivity contribution >= 4 is 6.16 Å². The lowest BCUT2D eigenvalue weighted by Crippen LogP contribution is -2.48. The Bertz CT molecular complexity index is 642. The summed E-state index contributed by atoms with van der Waals surface area (Å²) in [5, 5.41) is 0. The normalized spacial score (nSPS) is 39.9. The van der Waals surface area contributed by atoms with Crippen LogP contribution < -0.4 is 0 Å². The Morgan fingerprint density at radius 3 is 2.72 bits per heavy atom. The lowest BCUT2D eigenvalue weighted by Gasteiger charge is -2.47. The highest BCUT2D eigenvalue weighted by Crippen LogP contribution is 2.56. The van der Waals surface area contributed by atoms with E-state index in [1.165, 1.54) is 5.57 Å². The third-order valence-electron chi connectivity index (χ3n) is 6.40. The van der Waals surface area contributed by atoms with E-state index >= 15 is 0 Å². The Labute approximate surface area is 150 Å². The molecule has 0 aromatic carbocycles. The van der Waals surface area contributed by atoms with Gasteiger partial charge in [0.2, 0.25) is 0 Å². The first kappa shape index (κ1) is 18.2. The molecule has 1 aliphatic heterocycles. The predicted molar refractivity (Wildman–Crippen MR) is 97.0 cm³/mol. The maximum absolute atomic E-state index is 12.3. The number of hydrogen-bond acceptors (Lipinski definition) is 4. The van der Waals surface area contributed by atoms with Gasteiger partial charge in [-0.05, 0) is 38.2 Å². The molecule has 138 valence electrons. The van der Waals surface area contributed by atoms with Crippen LogP contribution in [0.4, 0.5) is 4.79 Å². The smallest absolute Gasteiger partial charge is 0.418 e. The summed E-state index contributed by atoms with van der Waals surface area (Å²) in [6.07, 6.45) is 12.5. The van der Waals surface area contributed by atoms with Crippen molar-refractivity contribution in [1.82, 2.24) is 0 Å². The first-order valence-electron chi connectivity index (χ1n) is 9.27. The van der Waals surface area contributed by atoms with Gasteiger partial charge in [0, 0.05) is 24.4 Å². The fourth-order valence-electron chi connectivity index (χ4n) is 4.90. The molecule has 1 saturated carbocycles. The summed E-state index contributed by atoms with van der Waals surface area (Å²) in [7, 11) is 1.78. The van der Waals surface area contributed by atoms with Crippen LogP contribution in [0.25, 0.3) is 0 Å². The van der Waals surface area contributed by atoms with Crippen molar-refractivity contribution in [2.75, 3.05) is 7.11 Å². The van der Waals surface area contributed by atoms with Crippen molar-refractivity contribution in [3.8, 4) is 0 Å². The Morgan fingerprint density at radius 1 is 1.32 bits per heavy atom. The first-order valence-corrected chi connectivity index (χ1v) is 9.27. The summed E-state index contributed by atoms with van der Waals surface area (Å²) < 4.78 is 17.5. The van der Waals surface area contributed by atoms with Crippen molar-refractivity contribution < 1.29 is 19.0 Å². The molecule has 4 nitrogen and oxygen atoms in total. The summed E-state index contributed by atoms with van der Waals surface area (Å²) in [6, 6.07) is 0. The molecule has 0 aromatic rings. The van der Waals surface area contributed by atoms with Crippen LogP contribution in [0.2, 0.25) is 0 Å². The van der Waals surface area contributed by atoms with E-state index in [9.17, 15) is 4.79 Å². The number of rotatable bonds is 3. The van der Waals surface area contributed by atoms with E-state index in [1.54, 1.807) is 7.11 Å². The molecule has 0 spiro atoms. The molecule has 1 heterocycles. The maximum atomic E-state index is 12.3. The monoisotopic (exact) mass is 346 g/mol. The van der Waals surface area contributed by atoms with Crippen molar-refractivity contribution in [1.29, 1.82) is 0 Å². The zero-order valence-corrected chi connectivity index (χ0v) is 16.1. The van der Waals surface area contributed by atoms with Gasteiger partial charge in [-0.15, -0.1) is 0 Å². The average molecular weight is 346 g/mol. The molecule has 4 heteroatoms. The average Bonchev–Trinajstić information content (AvgIpc) is 2.88. The third kappa shape index (κ3) is 2.66. The van der Waals surface area contributed by atoms with Gasteiger partial charge >= 0.3 is 6.16 Å². The number of methoxy groups -OCH3 is 1. The molecule has 0 aromatic heterocycles. The van der Waals surface area contributed by atoms with Gasteiger partial charge in [0.15, 0.2) is 11.4 Å². The van der Waals surface area contributed by atoms with Crippen LogP contribution in [0.5, 0.6) is 0 Å². The van der Waals surface area contributed by atoms with Crippen molar-refractivity contribution in [2.24, 2.45) is 10.8 Å². The molecule has 1 saturated heterocycles. The Kier molecular flexibility index (Phi) is 4.61. The molecule has 0 N–H and O–H groups in total. The molecular formula is C21H30O4. The predicted octanol–water partition coefficient (Wildman–Crippen LogP) is 5.30. The van der Waals surface area contributed by atoms with Gasteiger partial charge in [-0.2, -0.15) is 0 Å². The minimum Gasteiger partial charge on any atom is -0.418 e. The van der Waals surface area contributed by atoms with Crippen LogP contribution in [-0.4, -0.2) is 25.0 Å². The minimum absolute atomic E-state index is 0.119. The second kappa shape index (κ2) is 6.31. The number of fused-ring (bicyclic) bond motifs is 2. The quantitative estimate of drug-likeness (QED) is 0.513. The van der Waals surface area contributed by atoms with Crippen LogP contribution in [-0.2, 0) is 14.2 Å². The topological polar surface area (TPSA) is 44.8 Å². The van der Waals surface area contributed by atoms with Gasteiger partial charge in [0.1, 0.15) is 0 Å². The van der Waals surface area contributed by atoms with E-state index < -0.39 is 11.8 Å². The molecule has 2 aliphatic carbocycles. The number of hydrogen-bond donors (Lipinski definition) is 0. The number of ether oxygens (including phenoxy) is 3. The van der Waals surface area contributed by atoms with Gasteiger partial charge in [-0.1, -0.05) is 45.1 Å². The molecule has 3 aliphatic rings. The van der Waals surface area contributed by atoms with Crippen LogP contribution in [0.3, 0.4) is 0 Å². The number of carbonyl (C=O) groups excluding carboxylic acids is 1. The first-order chi connectivity index (χ1) is 11.8. The number of allylic oxidation sites excluding steroid dienone is 2. The highest BCUT2D eigenvalue weighted by atomic mass is 16.8. The van der Waals surface area contributed by atoms with Crippen molar-refractivity contribution in [3.05, 3.63) is 35.6 Å². The Morgan fingerprint density at radius 2 is 2.04 bits per heavy atom. The standard InChI is InChI=1S/C21H30O4/c1-6-12-19(2,3)21-14-8-7-13-20(4)15(10-9-11-16(20)23-5)17(21)24-18(22)25-21/h6-8,12,16H,9-11,13-14H2,1-5H3/b8-7-,12-6+,17-15-/t16-,20-,21+/m0/s1. The molecule has 0 radical (unpaired) electrons. The molecule has 3 atom stereocenters. The minimum atomic E-state index is -0.792. The van der Waals surface area contributed by atoms with Crippen LogP contribution in [0.15, 0.2) is 35.6 Å². The fourth-order valence-corrected chi connectivity index (χ4v) is 4.90. The molecule has 2 fully saturated rings. The molecule has 0 unspecified atom stereocenters. The van der Waals surface area contributed by atoms with Crippen LogP contribution in [0, 0.1) is 10.8 Å². The SMILES string of the molecule is C/C=C/C(C)(C)[C@@]12C/C=C\C[C@@]3(C)/C(=C/1OC(=O)O2)CCC[C@@H]3OC. The van der Waals surface area contributed by atoms with E-state index in [0.717, 1.165) is 31.4 Å². The van der Waals surface area contributed by atoms with E-state index in [1.807, 2.05) is 13.0 Å². The highest BCUT2D eigenvalue weighted by Gasteiger charge is 2.59. The van der Waals surface area contributed by atoms with Gasteiger partial charge in [-0.25, -0.2) is 4.79 Å². The van der Waals surface area contributed by atoms with E-state index in [4.69, 9.17) is 14.2 Å². The summed E-state index contributed by atoms with van der Waals surface area (Å²) in [4.78, 5) is 12.3. The summed E-state index contributed by atoms with van der Waals surface area (Å²) in [5.41, 5.74) is -0.151. The lowest BCUT2D eigenvalue weighted by molar-refractivity contribution is -0.0183. The Hall–Kier alpha value is -1.55. The molecule has 0 amide bonds. The van der Waals surface area contributed by atoms with Crippen molar-refractivity contribution in [2.45, 2.75) is 71.5 Å². The zero-order chi connectivity index (χ0) is 18.3. The van der Waals surface area contributed by atoms with Crippen molar-refractivity contribution in [3.63, 3.8) is 0 Å². The lowest BCUT2D eigenvalue weighted by atomic mass is 9.61. The largest absolute Gasteiger partial charge is 0.514 e. The van der Waals surface area contributed by atoms with E-state index in [-0.39, 0.29) is 16.9 Å². The second-order valence-electron chi connectivity index (χ2n) is 8.22. The third-order valence-corrected chi connectivity index (χ3v) is 6.40. The molecule has 0 bridgehead atoms. The van der Waals surface area contributed by atoms with Gasteiger partial charge in [0.05, 0.1) is 6.10 Å². The van der Waals surface area contributed by atoms with E-state index in [2.05, 4.69) is 39.0 Å². The second-order valence-corrected chi connectivity index (χ2v) is 8.22. The van der Waals surface area contributed by atoms with Gasteiger partial charge < -0.3 is 14.2 Å². The summed E-state index contributed by atoms with van der Waals surface area (Å²) in [5.74, 6) is 0.731. The summed E-state index contributed by atoms with van der Waals surface area (Å²) >= 11 is 0. The Balaban J connectivity index is 2.24. The van der Waals surface area contributed by atoms with E-state index in [0.29, 0.717) is 6.42 Å². The maximum Gasteiger partial charge on any atom is 0.514 e. The molecule has 25 heavy (non-hydrogen) atoms. The van der Waals surface area contributed by atoms with Crippen LogP contribution >= 0.6 is 0 Å². The summed E-state index contributed by atoms with van der Waals surface area (Å²) in [6.45, 7) is 8.45.